The zero-order valence-corrected chi connectivity index (χ0v) is 10.1. The molecule has 0 amide bonds. The lowest BCUT2D eigenvalue weighted by atomic mass is 10.2. The first-order chi connectivity index (χ1) is 8.51. The van der Waals surface area contributed by atoms with Crippen LogP contribution in [0.25, 0.3) is 10.9 Å². The average Bonchev–Trinajstić information content (AvgIpc) is 2.65. The smallest absolute Gasteiger partial charge is 0.347 e. The number of aromatic nitrogens is 1. The van der Waals surface area contributed by atoms with Crippen molar-refractivity contribution in [3.05, 3.63) is 36.0 Å². The van der Waals surface area contributed by atoms with Gasteiger partial charge >= 0.3 is 6.18 Å². The van der Waals surface area contributed by atoms with Crippen molar-refractivity contribution in [2.24, 2.45) is 0 Å². The summed E-state index contributed by atoms with van der Waals surface area (Å²) < 4.78 is 38.5. The van der Waals surface area contributed by atoms with Gasteiger partial charge in [-0.1, -0.05) is 18.2 Å². The summed E-state index contributed by atoms with van der Waals surface area (Å²) in [4.78, 5) is 0. The number of nitrogens with zero attached hydrogens (tertiary/aromatic N) is 1. The maximum Gasteiger partial charge on any atom is 0.390 e. The molecule has 5 heteroatoms. The number of rotatable bonds is 4. The highest BCUT2D eigenvalue weighted by atomic mass is 19.4. The predicted molar refractivity (Wildman–Crippen MR) is 65.4 cm³/mol. The van der Waals surface area contributed by atoms with Gasteiger partial charge in [0.2, 0.25) is 0 Å². The molecule has 0 radical (unpaired) electrons. The molecular weight excluding hydrogens is 241 g/mol. The van der Waals surface area contributed by atoms with Gasteiger partial charge < -0.3 is 9.88 Å². The Morgan fingerprint density at radius 3 is 2.61 bits per heavy atom. The molecule has 18 heavy (non-hydrogen) atoms. The largest absolute Gasteiger partial charge is 0.390 e. The molecule has 98 valence electrons. The summed E-state index contributed by atoms with van der Waals surface area (Å²) in [5, 5.41) is 4.03. The van der Waals surface area contributed by atoms with E-state index in [2.05, 4.69) is 5.32 Å². The molecule has 1 N–H and O–H groups in total. The van der Waals surface area contributed by atoms with Crippen LogP contribution in [0.3, 0.4) is 0 Å². The van der Waals surface area contributed by atoms with E-state index >= 15 is 0 Å². The summed E-state index contributed by atoms with van der Waals surface area (Å²) in [7, 11) is 1.82. The Morgan fingerprint density at radius 2 is 1.94 bits per heavy atom. The summed E-state index contributed by atoms with van der Waals surface area (Å²) in [6.07, 6.45) is -3.12. The first-order valence-corrected chi connectivity index (χ1v) is 5.79. The Hall–Kier alpha value is -1.49. The molecule has 0 fully saturated rings. The van der Waals surface area contributed by atoms with Gasteiger partial charge in [0.25, 0.3) is 0 Å². The molecule has 2 aromatic rings. The van der Waals surface area contributed by atoms with Crippen molar-refractivity contribution in [2.45, 2.75) is 25.7 Å². The number of nitrogens with one attached hydrogen (secondary N) is 1. The minimum Gasteiger partial charge on any atom is -0.347 e. The van der Waals surface area contributed by atoms with E-state index in [1.807, 2.05) is 31.3 Å². The second-order valence-electron chi connectivity index (χ2n) is 4.26. The van der Waals surface area contributed by atoms with Crippen LogP contribution in [-0.2, 0) is 13.1 Å². The molecule has 0 unspecified atom stereocenters. The van der Waals surface area contributed by atoms with Gasteiger partial charge in [-0.15, -0.1) is 0 Å². The number of benzene rings is 1. The first-order valence-electron chi connectivity index (χ1n) is 5.79. The molecule has 0 saturated heterocycles. The Balaban J connectivity index is 2.32. The molecule has 0 aliphatic heterocycles. The molecule has 1 heterocycles. The van der Waals surface area contributed by atoms with Crippen molar-refractivity contribution >= 4 is 10.9 Å². The summed E-state index contributed by atoms with van der Waals surface area (Å²) in [6.45, 7) is 0.618. The molecule has 2 nitrogen and oxygen atoms in total. The third kappa shape index (κ3) is 2.85. The molecular formula is C13H15F3N2. The second-order valence-corrected chi connectivity index (χ2v) is 4.26. The third-order valence-corrected chi connectivity index (χ3v) is 2.87. The van der Waals surface area contributed by atoms with Crippen molar-refractivity contribution in [1.29, 1.82) is 0 Å². The number of fused-ring (bicyclic) bond motifs is 1. The molecule has 1 aromatic carbocycles. The van der Waals surface area contributed by atoms with Crippen LogP contribution in [0.4, 0.5) is 13.2 Å². The van der Waals surface area contributed by atoms with Gasteiger partial charge in [0.1, 0.15) is 0 Å². The summed E-state index contributed by atoms with van der Waals surface area (Å²) >= 11 is 0. The molecule has 1 aromatic heterocycles. The summed E-state index contributed by atoms with van der Waals surface area (Å²) in [6, 6.07) is 7.53. The van der Waals surface area contributed by atoms with Crippen molar-refractivity contribution < 1.29 is 13.2 Å². The molecule has 0 aliphatic rings. The number of hydrogen-bond acceptors (Lipinski definition) is 1. The summed E-state index contributed by atoms with van der Waals surface area (Å²) in [5.74, 6) is 0. The highest BCUT2D eigenvalue weighted by molar-refractivity contribution is 5.83. The Bertz CT molecular complexity index is 529. The van der Waals surface area contributed by atoms with Crippen LogP contribution in [0.1, 0.15) is 12.0 Å². The van der Waals surface area contributed by atoms with Crippen LogP contribution in [0.5, 0.6) is 0 Å². The number of alkyl halides is 3. The number of para-hydroxylation sites is 1. The van der Waals surface area contributed by atoms with Crippen LogP contribution in [0.2, 0.25) is 0 Å². The highest BCUT2D eigenvalue weighted by Gasteiger charge is 2.26. The number of aryl methyl sites for hydroxylation is 1. The molecule has 0 saturated carbocycles. The van der Waals surface area contributed by atoms with Gasteiger partial charge in [0.05, 0.1) is 6.42 Å². The molecule has 2 rings (SSSR count). The van der Waals surface area contributed by atoms with E-state index in [9.17, 15) is 13.2 Å². The third-order valence-electron chi connectivity index (χ3n) is 2.87. The molecule has 0 bridgehead atoms. The van der Waals surface area contributed by atoms with Crippen LogP contribution in [0.15, 0.2) is 30.5 Å². The predicted octanol–water partition coefficient (Wildman–Crippen LogP) is 3.31. The minimum atomic E-state index is -4.12. The van der Waals surface area contributed by atoms with Crippen LogP contribution >= 0.6 is 0 Å². The average molecular weight is 256 g/mol. The fourth-order valence-corrected chi connectivity index (χ4v) is 2.09. The van der Waals surface area contributed by atoms with Crippen LogP contribution < -0.4 is 5.32 Å². The van der Waals surface area contributed by atoms with E-state index in [-0.39, 0.29) is 6.54 Å². The highest BCUT2D eigenvalue weighted by Crippen LogP contribution is 2.25. The number of hydrogen-bond donors (Lipinski definition) is 1. The quantitative estimate of drug-likeness (QED) is 0.888. The lowest BCUT2D eigenvalue weighted by molar-refractivity contribution is -0.136. The van der Waals surface area contributed by atoms with Crippen LogP contribution in [-0.4, -0.2) is 17.8 Å². The maximum atomic E-state index is 12.3. The maximum absolute atomic E-state index is 12.3. The van der Waals surface area contributed by atoms with Crippen molar-refractivity contribution in [3.63, 3.8) is 0 Å². The van der Waals surface area contributed by atoms with Crippen molar-refractivity contribution in [1.82, 2.24) is 9.88 Å². The SMILES string of the molecule is CNCc1cn(CCC(F)(F)F)c2ccccc12. The van der Waals surface area contributed by atoms with Crippen molar-refractivity contribution in [3.8, 4) is 0 Å². The Kier molecular flexibility index (Phi) is 3.61. The topological polar surface area (TPSA) is 17.0 Å². The monoisotopic (exact) mass is 256 g/mol. The standard InChI is InChI=1S/C13H15F3N2/c1-17-8-10-9-18(7-6-13(14,15)16)12-5-3-2-4-11(10)12/h2-5,9,17H,6-8H2,1H3. The van der Waals surface area contributed by atoms with Gasteiger partial charge in [-0.3, -0.25) is 0 Å². The second kappa shape index (κ2) is 5.02. The fraction of sp³-hybridized carbons (Fsp3) is 0.385. The molecule has 0 atom stereocenters. The zero-order valence-electron chi connectivity index (χ0n) is 10.1. The van der Waals surface area contributed by atoms with Crippen LogP contribution in [0, 0.1) is 0 Å². The fourth-order valence-electron chi connectivity index (χ4n) is 2.09. The van der Waals surface area contributed by atoms with Gasteiger partial charge in [0, 0.05) is 30.2 Å². The summed E-state index contributed by atoms with van der Waals surface area (Å²) in [5.41, 5.74) is 1.88. The normalized spacial score (nSPS) is 12.2. The minimum absolute atomic E-state index is 0.0340. The van der Waals surface area contributed by atoms with E-state index in [0.29, 0.717) is 6.54 Å². The van der Waals surface area contributed by atoms with Gasteiger partial charge in [-0.2, -0.15) is 13.2 Å². The van der Waals surface area contributed by atoms with Crippen molar-refractivity contribution in [2.75, 3.05) is 7.05 Å². The Morgan fingerprint density at radius 1 is 1.22 bits per heavy atom. The zero-order chi connectivity index (χ0) is 13.2. The lowest BCUT2D eigenvalue weighted by Crippen LogP contribution is -2.11. The Labute approximate surface area is 103 Å². The lowest BCUT2D eigenvalue weighted by Gasteiger charge is -2.08. The van der Waals surface area contributed by atoms with E-state index < -0.39 is 12.6 Å². The van der Waals surface area contributed by atoms with E-state index in [4.69, 9.17) is 0 Å². The van der Waals surface area contributed by atoms with E-state index in [0.717, 1.165) is 16.5 Å². The van der Waals surface area contributed by atoms with Gasteiger partial charge in [-0.05, 0) is 18.7 Å². The molecule has 0 aliphatic carbocycles. The first kappa shape index (κ1) is 13.0. The van der Waals surface area contributed by atoms with Gasteiger partial charge in [-0.25, -0.2) is 0 Å². The van der Waals surface area contributed by atoms with Gasteiger partial charge in [0.15, 0.2) is 0 Å². The van der Waals surface area contributed by atoms with E-state index in [1.165, 1.54) is 0 Å². The molecule has 0 spiro atoms. The van der Waals surface area contributed by atoms with E-state index in [1.54, 1.807) is 10.8 Å². The number of halogens is 3.